The molecule has 0 atom stereocenters. The van der Waals surface area contributed by atoms with Crippen LogP contribution in [0.4, 0.5) is 18.0 Å². The fourth-order valence-electron chi connectivity index (χ4n) is 2.84. The van der Waals surface area contributed by atoms with Gasteiger partial charge in [-0.1, -0.05) is 6.07 Å². The van der Waals surface area contributed by atoms with Crippen molar-refractivity contribution in [2.75, 3.05) is 7.05 Å². The first-order chi connectivity index (χ1) is 12.1. The minimum absolute atomic E-state index is 0.293. The molecule has 1 fully saturated rings. The summed E-state index contributed by atoms with van der Waals surface area (Å²) < 4.78 is 40.6. The average Bonchev–Trinajstić information content (AvgIpc) is 2.98. The van der Waals surface area contributed by atoms with Crippen LogP contribution in [0.2, 0.25) is 0 Å². The van der Waals surface area contributed by atoms with E-state index in [2.05, 4.69) is 0 Å². The van der Waals surface area contributed by atoms with Gasteiger partial charge in [-0.15, -0.1) is 0 Å². The summed E-state index contributed by atoms with van der Waals surface area (Å²) >= 11 is 0.843. The molecule has 136 valence electrons. The molecule has 4 nitrogen and oxygen atoms in total. The summed E-state index contributed by atoms with van der Waals surface area (Å²) in [5.74, 6) is -0.385. The number of nitrogens with zero attached hydrogens (tertiary/aromatic N) is 2. The number of thioether (sulfide) groups is 1. The van der Waals surface area contributed by atoms with Crippen molar-refractivity contribution in [1.29, 1.82) is 0 Å². The Bertz CT molecular complexity index is 944. The molecule has 1 aromatic carbocycles. The van der Waals surface area contributed by atoms with Gasteiger partial charge in [-0.25, -0.2) is 0 Å². The molecule has 0 spiro atoms. The van der Waals surface area contributed by atoms with Crippen LogP contribution in [-0.4, -0.2) is 27.7 Å². The molecular formula is C18H15F3N2O2S. The van der Waals surface area contributed by atoms with E-state index in [0.29, 0.717) is 21.8 Å². The van der Waals surface area contributed by atoms with Gasteiger partial charge < -0.3 is 4.57 Å². The fraction of sp³-hybridized carbons (Fsp3) is 0.222. The molecule has 8 heteroatoms. The number of amides is 2. The topological polar surface area (TPSA) is 42.3 Å². The molecule has 0 radical (unpaired) electrons. The Labute approximate surface area is 152 Å². The van der Waals surface area contributed by atoms with Gasteiger partial charge in [0, 0.05) is 24.1 Å². The standard InChI is InChI=1S/C18H15F3N2O2S/c1-10-7-12(8-15-16(24)22(3)17(25)26-15)11(2)23(10)14-6-4-5-13(9-14)18(19,20)21/h4-9H,1-3H3/b15-8-. The van der Waals surface area contributed by atoms with Crippen molar-refractivity contribution in [1.82, 2.24) is 9.47 Å². The Hall–Kier alpha value is -2.48. The molecule has 0 N–H and O–H groups in total. The highest BCUT2D eigenvalue weighted by Crippen LogP contribution is 2.34. The number of likely N-dealkylation sites (N-methyl/N-ethyl adjacent to an activating group) is 1. The average molecular weight is 380 g/mol. The molecule has 2 heterocycles. The largest absolute Gasteiger partial charge is 0.416 e. The number of hydrogen-bond donors (Lipinski definition) is 0. The Kier molecular flexibility index (Phi) is 4.47. The first-order valence-corrected chi connectivity index (χ1v) is 8.49. The normalized spacial score (nSPS) is 16.8. The van der Waals surface area contributed by atoms with Crippen LogP contribution < -0.4 is 0 Å². The lowest BCUT2D eigenvalue weighted by molar-refractivity contribution is -0.137. The molecule has 1 aliphatic rings. The van der Waals surface area contributed by atoms with Crippen LogP contribution >= 0.6 is 11.8 Å². The van der Waals surface area contributed by atoms with E-state index in [1.54, 1.807) is 36.6 Å². The summed E-state index contributed by atoms with van der Waals surface area (Å²) in [5, 5.41) is -0.354. The number of rotatable bonds is 2. The predicted octanol–water partition coefficient (Wildman–Crippen LogP) is 4.78. The molecule has 1 aromatic heterocycles. The highest BCUT2D eigenvalue weighted by Gasteiger charge is 2.32. The summed E-state index contributed by atoms with van der Waals surface area (Å²) in [7, 11) is 1.41. The van der Waals surface area contributed by atoms with Crippen molar-refractivity contribution in [3.8, 4) is 5.69 Å². The van der Waals surface area contributed by atoms with E-state index >= 15 is 0 Å². The van der Waals surface area contributed by atoms with Gasteiger partial charge >= 0.3 is 6.18 Å². The molecule has 1 saturated heterocycles. The monoisotopic (exact) mass is 380 g/mol. The number of carbonyl (C=O) groups is 2. The molecule has 3 rings (SSSR count). The van der Waals surface area contributed by atoms with Gasteiger partial charge in [-0.2, -0.15) is 13.2 Å². The van der Waals surface area contributed by atoms with E-state index in [9.17, 15) is 22.8 Å². The Morgan fingerprint density at radius 2 is 1.81 bits per heavy atom. The molecule has 0 saturated carbocycles. The Morgan fingerprint density at radius 3 is 2.38 bits per heavy atom. The van der Waals surface area contributed by atoms with E-state index in [4.69, 9.17) is 0 Å². The van der Waals surface area contributed by atoms with Crippen LogP contribution in [-0.2, 0) is 11.0 Å². The van der Waals surface area contributed by atoms with Crippen molar-refractivity contribution in [2.24, 2.45) is 0 Å². The van der Waals surface area contributed by atoms with Crippen molar-refractivity contribution in [3.63, 3.8) is 0 Å². The van der Waals surface area contributed by atoms with Crippen LogP contribution in [0.5, 0.6) is 0 Å². The molecule has 26 heavy (non-hydrogen) atoms. The molecule has 0 unspecified atom stereocenters. The van der Waals surface area contributed by atoms with E-state index in [0.717, 1.165) is 34.5 Å². The summed E-state index contributed by atoms with van der Waals surface area (Å²) in [6.45, 7) is 3.53. The summed E-state index contributed by atoms with van der Waals surface area (Å²) in [4.78, 5) is 25.0. The van der Waals surface area contributed by atoms with Crippen LogP contribution in [0.15, 0.2) is 35.2 Å². The van der Waals surface area contributed by atoms with E-state index < -0.39 is 11.7 Å². The number of hydrogen-bond acceptors (Lipinski definition) is 3. The first kappa shape index (κ1) is 18.3. The Morgan fingerprint density at radius 1 is 1.12 bits per heavy atom. The van der Waals surface area contributed by atoms with Crippen LogP contribution in [0.3, 0.4) is 0 Å². The summed E-state index contributed by atoms with van der Waals surface area (Å²) in [6, 6.07) is 6.84. The maximum Gasteiger partial charge on any atom is 0.416 e. The smallest absolute Gasteiger partial charge is 0.318 e. The lowest BCUT2D eigenvalue weighted by Gasteiger charge is -2.13. The molecule has 0 aliphatic carbocycles. The minimum atomic E-state index is -4.42. The second-order valence-electron chi connectivity index (χ2n) is 5.95. The number of aromatic nitrogens is 1. The maximum atomic E-state index is 13.0. The summed E-state index contributed by atoms with van der Waals surface area (Å²) in [6.07, 6.45) is -2.82. The third kappa shape index (κ3) is 3.16. The second kappa shape index (κ2) is 6.35. The van der Waals surface area contributed by atoms with E-state index in [-0.39, 0.29) is 11.1 Å². The highest BCUT2D eigenvalue weighted by molar-refractivity contribution is 8.18. The van der Waals surface area contributed by atoms with Crippen molar-refractivity contribution in [3.05, 3.63) is 57.8 Å². The molecular weight excluding hydrogens is 365 g/mol. The second-order valence-corrected chi connectivity index (χ2v) is 6.94. The predicted molar refractivity (Wildman–Crippen MR) is 94.0 cm³/mol. The lowest BCUT2D eigenvalue weighted by Crippen LogP contribution is -2.22. The highest BCUT2D eigenvalue weighted by atomic mass is 32.2. The van der Waals surface area contributed by atoms with Crippen LogP contribution in [0, 0.1) is 13.8 Å². The van der Waals surface area contributed by atoms with Gasteiger partial charge in [-0.05, 0) is 61.5 Å². The van der Waals surface area contributed by atoms with Gasteiger partial charge in [0.2, 0.25) is 0 Å². The number of imide groups is 1. The zero-order valence-electron chi connectivity index (χ0n) is 14.2. The fourth-order valence-corrected chi connectivity index (χ4v) is 3.66. The molecule has 0 bridgehead atoms. The molecule has 2 aromatic rings. The van der Waals surface area contributed by atoms with Gasteiger partial charge in [0.25, 0.3) is 11.1 Å². The van der Waals surface area contributed by atoms with Gasteiger partial charge in [0.15, 0.2) is 0 Å². The number of carbonyl (C=O) groups excluding carboxylic acids is 2. The molecule has 1 aliphatic heterocycles. The zero-order chi connectivity index (χ0) is 19.2. The quantitative estimate of drug-likeness (QED) is 0.704. The number of benzene rings is 1. The van der Waals surface area contributed by atoms with Gasteiger partial charge in [0.05, 0.1) is 10.5 Å². The third-order valence-electron chi connectivity index (χ3n) is 4.18. The molecule has 2 amide bonds. The van der Waals surface area contributed by atoms with Gasteiger partial charge in [0.1, 0.15) is 0 Å². The third-order valence-corrected chi connectivity index (χ3v) is 5.14. The zero-order valence-corrected chi connectivity index (χ0v) is 15.0. The lowest BCUT2D eigenvalue weighted by atomic mass is 10.2. The summed E-state index contributed by atoms with van der Waals surface area (Å²) in [5.41, 5.74) is 1.75. The first-order valence-electron chi connectivity index (χ1n) is 7.67. The number of aryl methyl sites for hydroxylation is 1. The Balaban J connectivity index is 2.05. The van der Waals surface area contributed by atoms with Crippen LogP contribution in [0.1, 0.15) is 22.5 Å². The minimum Gasteiger partial charge on any atom is -0.318 e. The van der Waals surface area contributed by atoms with Gasteiger partial charge in [-0.3, -0.25) is 14.5 Å². The van der Waals surface area contributed by atoms with Crippen molar-refractivity contribution < 1.29 is 22.8 Å². The van der Waals surface area contributed by atoms with Crippen LogP contribution in [0.25, 0.3) is 11.8 Å². The van der Waals surface area contributed by atoms with E-state index in [1.807, 2.05) is 0 Å². The number of alkyl halides is 3. The number of halogens is 3. The van der Waals surface area contributed by atoms with E-state index in [1.165, 1.54) is 13.1 Å². The maximum absolute atomic E-state index is 13.0. The van der Waals surface area contributed by atoms with Crippen molar-refractivity contribution >= 4 is 29.0 Å². The SMILES string of the molecule is Cc1cc(/C=C2\SC(=O)N(C)C2=O)c(C)n1-c1cccc(C(F)(F)F)c1. The van der Waals surface area contributed by atoms with Crippen molar-refractivity contribution in [2.45, 2.75) is 20.0 Å².